The standard InChI is InChI=1S/C6H9NO3/c1-2-7-6(9)3-4-10-5-8/h3-5H,2H2,1H3,(H,7,9)/b4-3+. The molecule has 0 aromatic heterocycles. The molecule has 0 aromatic rings. The predicted octanol–water partition coefficient (Wildman–Crippen LogP) is -0.191. The molecule has 56 valence electrons. The summed E-state index contributed by atoms with van der Waals surface area (Å²) in [5.41, 5.74) is 0. The largest absolute Gasteiger partial charge is 0.437 e. The maximum absolute atomic E-state index is 10.5. The van der Waals surface area contributed by atoms with Gasteiger partial charge in [0.05, 0.1) is 6.26 Å². The van der Waals surface area contributed by atoms with E-state index in [0.717, 1.165) is 12.3 Å². The molecule has 0 unspecified atom stereocenters. The Morgan fingerprint density at radius 1 is 1.70 bits per heavy atom. The Kier molecular flexibility index (Phi) is 5.04. The second-order valence-electron chi connectivity index (χ2n) is 1.43. The van der Waals surface area contributed by atoms with Gasteiger partial charge >= 0.3 is 0 Å². The number of carbonyl (C=O) groups is 2. The molecule has 0 rings (SSSR count). The van der Waals surface area contributed by atoms with E-state index in [2.05, 4.69) is 10.1 Å². The first-order valence-corrected chi connectivity index (χ1v) is 2.84. The highest BCUT2D eigenvalue weighted by Gasteiger charge is 1.88. The van der Waals surface area contributed by atoms with Gasteiger partial charge < -0.3 is 10.1 Å². The molecule has 0 radical (unpaired) electrons. The maximum Gasteiger partial charge on any atom is 0.297 e. The zero-order valence-electron chi connectivity index (χ0n) is 5.66. The minimum Gasteiger partial charge on any atom is -0.437 e. The molecule has 0 aliphatic carbocycles. The molecule has 0 spiro atoms. The van der Waals surface area contributed by atoms with Crippen molar-refractivity contribution in [2.24, 2.45) is 0 Å². The van der Waals surface area contributed by atoms with Gasteiger partial charge in [-0.2, -0.15) is 0 Å². The summed E-state index contributed by atoms with van der Waals surface area (Å²) in [4.78, 5) is 20.1. The monoisotopic (exact) mass is 143 g/mol. The highest BCUT2D eigenvalue weighted by molar-refractivity contribution is 5.87. The molecule has 0 aliphatic rings. The second kappa shape index (κ2) is 5.81. The number of nitrogens with one attached hydrogen (secondary N) is 1. The summed E-state index contributed by atoms with van der Waals surface area (Å²) in [6.07, 6.45) is 2.16. The van der Waals surface area contributed by atoms with E-state index in [1.54, 1.807) is 6.92 Å². The molecule has 0 atom stereocenters. The van der Waals surface area contributed by atoms with Crippen LogP contribution in [0.2, 0.25) is 0 Å². The van der Waals surface area contributed by atoms with Crippen LogP contribution in [0.3, 0.4) is 0 Å². The lowest BCUT2D eigenvalue weighted by atomic mass is 10.5. The second-order valence-corrected chi connectivity index (χ2v) is 1.43. The summed E-state index contributed by atoms with van der Waals surface area (Å²) in [6.45, 7) is 2.60. The maximum atomic E-state index is 10.5. The molecule has 0 saturated heterocycles. The number of likely N-dealkylation sites (N-methyl/N-ethyl adjacent to an activating group) is 1. The molecule has 4 heteroatoms. The highest BCUT2D eigenvalue weighted by atomic mass is 16.5. The highest BCUT2D eigenvalue weighted by Crippen LogP contribution is 1.72. The van der Waals surface area contributed by atoms with E-state index < -0.39 is 0 Å². The Morgan fingerprint density at radius 3 is 2.90 bits per heavy atom. The third kappa shape index (κ3) is 4.83. The minimum absolute atomic E-state index is 0.246. The molecule has 10 heavy (non-hydrogen) atoms. The lowest BCUT2D eigenvalue weighted by molar-refractivity contribution is -0.123. The van der Waals surface area contributed by atoms with E-state index in [1.807, 2.05) is 0 Å². The van der Waals surface area contributed by atoms with Crippen molar-refractivity contribution in [3.8, 4) is 0 Å². The average molecular weight is 143 g/mol. The van der Waals surface area contributed by atoms with Gasteiger partial charge in [-0.05, 0) is 6.92 Å². The third-order valence-corrected chi connectivity index (χ3v) is 0.705. The van der Waals surface area contributed by atoms with Gasteiger partial charge in [-0.25, -0.2) is 0 Å². The number of hydrogen-bond acceptors (Lipinski definition) is 3. The van der Waals surface area contributed by atoms with Crippen LogP contribution in [-0.2, 0) is 14.3 Å². The van der Waals surface area contributed by atoms with Crippen molar-refractivity contribution in [1.29, 1.82) is 0 Å². The predicted molar refractivity (Wildman–Crippen MR) is 35.0 cm³/mol. The van der Waals surface area contributed by atoms with Crippen LogP contribution in [0.15, 0.2) is 12.3 Å². The van der Waals surface area contributed by atoms with Gasteiger partial charge in [0.2, 0.25) is 5.91 Å². The first kappa shape index (κ1) is 8.68. The zero-order chi connectivity index (χ0) is 7.82. The van der Waals surface area contributed by atoms with E-state index in [4.69, 9.17) is 0 Å². The van der Waals surface area contributed by atoms with Gasteiger partial charge in [0.25, 0.3) is 6.47 Å². The fraction of sp³-hybridized carbons (Fsp3) is 0.333. The molecule has 0 bridgehead atoms. The fourth-order valence-corrected chi connectivity index (χ4v) is 0.366. The molecule has 0 aromatic carbocycles. The number of carbonyl (C=O) groups excluding carboxylic acids is 2. The van der Waals surface area contributed by atoms with Crippen LogP contribution >= 0.6 is 0 Å². The van der Waals surface area contributed by atoms with Gasteiger partial charge in [0.15, 0.2) is 0 Å². The Balaban J connectivity index is 3.45. The average Bonchev–Trinajstić information content (AvgIpc) is 1.89. The van der Waals surface area contributed by atoms with Crippen LogP contribution in [0.5, 0.6) is 0 Å². The van der Waals surface area contributed by atoms with Gasteiger partial charge in [0, 0.05) is 12.6 Å². The first-order valence-electron chi connectivity index (χ1n) is 2.84. The van der Waals surface area contributed by atoms with Crippen molar-refractivity contribution in [2.75, 3.05) is 6.54 Å². The molecule has 0 aliphatic heterocycles. The Labute approximate surface area is 58.9 Å². The summed E-state index contributed by atoms with van der Waals surface area (Å²) < 4.78 is 4.13. The Morgan fingerprint density at radius 2 is 2.40 bits per heavy atom. The molecular weight excluding hydrogens is 134 g/mol. The van der Waals surface area contributed by atoms with Crippen LogP contribution in [0, 0.1) is 0 Å². The van der Waals surface area contributed by atoms with E-state index in [-0.39, 0.29) is 12.4 Å². The van der Waals surface area contributed by atoms with E-state index in [1.165, 1.54) is 0 Å². The fourth-order valence-electron chi connectivity index (χ4n) is 0.366. The van der Waals surface area contributed by atoms with Crippen LogP contribution in [0.4, 0.5) is 0 Å². The molecule has 0 heterocycles. The Hall–Kier alpha value is -1.32. The van der Waals surface area contributed by atoms with E-state index in [0.29, 0.717) is 6.54 Å². The summed E-state index contributed by atoms with van der Waals surface area (Å²) in [7, 11) is 0. The quantitative estimate of drug-likeness (QED) is 0.337. The smallest absolute Gasteiger partial charge is 0.297 e. The van der Waals surface area contributed by atoms with Crippen LogP contribution < -0.4 is 5.32 Å². The van der Waals surface area contributed by atoms with Crippen LogP contribution in [0.25, 0.3) is 0 Å². The Bertz CT molecular complexity index is 142. The number of rotatable bonds is 4. The number of amides is 1. The zero-order valence-corrected chi connectivity index (χ0v) is 5.66. The van der Waals surface area contributed by atoms with Crippen molar-refractivity contribution in [3.05, 3.63) is 12.3 Å². The summed E-state index contributed by atoms with van der Waals surface area (Å²) >= 11 is 0. The molecule has 1 N–H and O–H groups in total. The number of ether oxygens (including phenoxy) is 1. The van der Waals surface area contributed by atoms with Crippen molar-refractivity contribution in [3.63, 3.8) is 0 Å². The van der Waals surface area contributed by atoms with Gasteiger partial charge in [-0.15, -0.1) is 0 Å². The molecule has 0 saturated carbocycles. The number of hydrogen-bond donors (Lipinski definition) is 1. The first-order chi connectivity index (χ1) is 4.81. The normalized spacial score (nSPS) is 9.30. The molecule has 1 amide bonds. The molecule has 0 fully saturated rings. The van der Waals surface area contributed by atoms with Crippen molar-refractivity contribution in [1.82, 2.24) is 5.32 Å². The van der Waals surface area contributed by atoms with Crippen molar-refractivity contribution < 1.29 is 14.3 Å². The van der Waals surface area contributed by atoms with Crippen molar-refractivity contribution >= 4 is 12.4 Å². The molecule has 4 nitrogen and oxygen atoms in total. The van der Waals surface area contributed by atoms with Gasteiger partial charge in [0.1, 0.15) is 0 Å². The lowest BCUT2D eigenvalue weighted by Gasteiger charge is -1.92. The van der Waals surface area contributed by atoms with Crippen molar-refractivity contribution in [2.45, 2.75) is 6.92 Å². The van der Waals surface area contributed by atoms with E-state index in [9.17, 15) is 9.59 Å². The van der Waals surface area contributed by atoms with Crippen LogP contribution in [-0.4, -0.2) is 18.9 Å². The summed E-state index contributed by atoms with van der Waals surface area (Å²) in [5.74, 6) is -0.274. The minimum atomic E-state index is -0.274. The van der Waals surface area contributed by atoms with Gasteiger partial charge in [-0.3, -0.25) is 9.59 Å². The van der Waals surface area contributed by atoms with Gasteiger partial charge in [-0.1, -0.05) is 0 Å². The summed E-state index contributed by atoms with van der Waals surface area (Å²) in [6, 6.07) is 0. The van der Waals surface area contributed by atoms with Crippen LogP contribution in [0.1, 0.15) is 6.92 Å². The lowest BCUT2D eigenvalue weighted by Crippen LogP contribution is -2.19. The topological polar surface area (TPSA) is 55.4 Å². The van der Waals surface area contributed by atoms with E-state index >= 15 is 0 Å². The SMILES string of the molecule is CCNC(=O)/C=C/OC=O. The summed E-state index contributed by atoms with van der Waals surface area (Å²) in [5, 5.41) is 2.48. The molecular formula is C6H9NO3. The third-order valence-electron chi connectivity index (χ3n) is 0.705.